The second kappa shape index (κ2) is 16.1. The van der Waals surface area contributed by atoms with E-state index in [9.17, 15) is 0 Å². The Morgan fingerprint density at radius 2 is 1.14 bits per heavy atom. The summed E-state index contributed by atoms with van der Waals surface area (Å²) < 4.78 is 0. The number of hydrogen-bond acceptors (Lipinski definition) is 5. The summed E-state index contributed by atoms with van der Waals surface area (Å²) in [6, 6.07) is 0. The van der Waals surface area contributed by atoms with E-state index in [4.69, 9.17) is 15.3 Å². The minimum absolute atomic E-state index is 0. The molecule has 7 heavy (non-hydrogen) atoms. The van der Waals surface area contributed by atoms with Crippen LogP contribution >= 0.6 is 0 Å². The van der Waals surface area contributed by atoms with Crippen molar-refractivity contribution in [1.29, 1.82) is 0 Å². The third-order valence-corrected chi connectivity index (χ3v) is 0. The molecule has 0 aliphatic rings. The smallest absolute Gasteiger partial charge is 0.0689 e. The summed E-state index contributed by atoms with van der Waals surface area (Å²) in [7, 11) is 0. The normalized spacial score (nSPS) is 3.43. The van der Waals surface area contributed by atoms with Gasteiger partial charge >= 0.3 is 0 Å². The van der Waals surface area contributed by atoms with E-state index >= 15 is 0 Å². The van der Waals surface area contributed by atoms with E-state index in [1.54, 1.807) is 0 Å². The van der Waals surface area contributed by atoms with E-state index in [1.165, 1.54) is 0 Å². The van der Waals surface area contributed by atoms with Gasteiger partial charge in [0.2, 0.25) is 0 Å². The summed E-state index contributed by atoms with van der Waals surface area (Å²) in [6.07, 6.45) is 0. The van der Waals surface area contributed by atoms with Crippen molar-refractivity contribution in [2.24, 2.45) is 0 Å². The van der Waals surface area contributed by atoms with Crippen LogP contribution in [-0.2, 0) is 0 Å². The Morgan fingerprint density at radius 3 is 1.14 bits per heavy atom. The molecular formula is H6CeN3O3-. The van der Waals surface area contributed by atoms with Gasteiger partial charge in [0.1, 0.15) is 0 Å². The summed E-state index contributed by atoms with van der Waals surface area (Å²) in [5.41, 5.74) is 0. The van der Waals surface area contributed by atoms with Gasteiger partial charge in [-0.05, 0) is 0 Å². The molecule has 0 saturated carbocycles. The largest absolute Gasteiger partial charge is 0.356 e. The van der Waals surface area contributed by atoms with Crippen LogP contribution in [0.15, 0.2) is 0 Å². The Kier molecular flexibility index (Phi) is 59.4. The van der Waals surface area contributed by atoms with Gasteiger partial charge in [-0.25, -0.2) is 0 Å². The molecule has 6 N–H and O–H groups in total. The van der Waals surface area contributed by atoms with Gasteiger partial charge in [0.25, 0.3) is 0 Å². The van der Waals surface area contributed by atoms with Gasteiger partial charge < -0.3 is 27.6 Å². The van der Waals surface area contributed by atoms with Crippen LogP contribution in [0.4, 0.5) is 0 Å². The maximum atomic E-state index is 8.25. The second-order valence-corrected chi connectivity index (χ2v) is 0.224. The molecule has 44 valence electrons. The fraction of sp³-hybridized carbons (Fsp3) is 0. The summed E-state index contributed by atoms with van der Waals surface area (Å²) in [5, 5.41) is 14.8. The van der Waals surface area contributed by atoms with Gasteiger partial charge in [-0.3, -0.25) is 0 Å². The predicted octanol–water partition coefficient (Wildman–Crippen LogP) is 0.0849. The van der Waals surface area contributed by atoms with Crippen molar-refractivity contribution in [2.75, 3.05) is 0 Å². The molecule has 0 aromatic carbocycles. The number of rotatable bonds is 0. The molecule has 0 aliphatic carbocycles. The molecular weight excluding hydrogens is 230 g/mol. The van der Waals surface area contributed by atoms with E-state index in [1.807, 2.05) is 0 Å². The summed E-state index contributed by atoms with van der Waals surface area (Å²) in [4.78, 5) is 8.25. The molecule has 0 bridgehead atoms. The second-order valence-electron chi connectivity index (χ2n) is 0.224. The van der Waals surface area contributed by atoms with Gasteiger partial charge in [-0.15, -0.1) is 0 Å². The van der Waals surface area contributed by atoms with Gasteiger partial charge in [-0.2, -0.15) is 0 Å². The molecule has 0 aliphatic heterocycles. The van der Waals surface area contributed by atoms with Crippen molar-refractivity contribution < 1.29 is 46.8 Å². The minimum Gasteiger partial charge on any atom is -0.356 e. The average molecular weight is 236 g/mol. The monoisotopic (exact) mass is 236 g/mol. The van der Waals surface area contributed by atoms with Gasteiger partial charge in [0, 0.05) is 41.7 Å². The molecule has 0 rings (SSSR count). The average Bonchev–Trinajstić information content (AvgIpc) is 0.811. The Hall–Kier alpha value is 0.497. The van der Waals surface area contributed by atoms with E-state index in [0.29, 0.717) is 0 Å². The molecule has 0 aromatic rings. The van der Waals surface area contributed by atoms with Gasteiger partial charge in [-0.1, -0.05) is 0 Å². The van der Waals surface area contributed by atoms with Crippen molar-refractivity contribution >= 4 is 0 Å². The molecule has 0 spiro atoms. The predicted molar refractivity (Wildman–Crippen MR) is 20.4 cm³/mol. The maximum Gasteiger partial charge on any atom is 0.0689 e. The van der Waals surface area contributed by atoms with Crippen LogP contribution in [0.3, 0.4) is 0 Å². The molecule has 0 heterocycles. The van der Waals surface area contributed by atoms with Crippen LogP contribution in [0.2, 0.25) is 0 Å². The molecule has 0 fully saturated rings. The van der Waals surface area contributed by atoms with Gasteiger partial charge in [0.15, 0.2) is 0 Å². The third kappa shape index (κ3) is 533. The van der Waals surface area contributed by atoms with Crippen LogP contribution < -0.4 is 12.3 Å². The van der Waals surface area contributed by atoms with Crippen LogP contribution in [-0.4, -0.2) is 5.09 Å². The van der Waals surface area contributed by atoms with Crippen molar-refractivity contribution in [2.45, 2.75) is 0 Å². The Bertz CT molecular complexity index is 33.2. The Morgan fingerprint density at radius 1 is 1.14 bits per heavy atom. The first-order chi connectivity index (χ1) is 1.73. The van der Waals surface area contributed by atoms with Crippen molar-refractivity contribution in [3.8, 4) is 0 Å². The number of hydrogen-bond donors (Lipinski definition) is 2. The van der Waals surface area contributed by atoms with E-state index in [2.05, 4.69) is 0 Å². The van der Waals surface area contributed by atoms with Crippen LogP contribution in [0, 0.1) is 57.1 Å². The fourth-order valence-electron chi connectivity index (χ4n) is 0. The topological polar surface area (TPSA) is 136 Å². The SMILES string of the molecule is N.N.O=[N+]([O-])[O-].[Ce]. The first-order valence-corrected chi connectivity index (χ1v) is 0.548. The first kappa shape index (κ1) is 25.9. The quantitative estimate of drug-likeness (QED) is 0.453. The molecule has 0 atom stereocenters. The molecule has 7 heteroatoms. The van der Waals surface area contributed by atoms with Crippen molar-refractivity contribution in [3.63, 3.8) is 0 Å². The van der Waals surface area contributed by atoms with Crippen LogP contribution in [0.25, 0.3) is 0 Å². The Balaban J connectivity index is -0.0000000150. The standard InChI is InChI=1S/Ce.NO3.2H3N/c;2-1(3)4;;/h;;2*1H3/q;-1;;. The van der Waals surface area contributed by atoms with Crippen molar-refractivity contribution in [3.05, 3.63) is 15.3 Å². The summed E-state index contributed by atoms with van der Waals surface area (Å²) in [5.74, 6) is 0. The van der Waals surface area contributed by atoms with Crippen LogP contribution in [0.1, 0.15) is 0 Å². The van der Waals surface area contributed by atoms with E-state index in [-0.39, 0.29) is 54.0 Å². The number of nitrogens with zero attached hydrogens (tertiary/aromatic N) is 1. The summed E-state index contributed by atoms with van der Waals surface area (Å²) in [6.45, 7) is 0. The van der Waals surface area contributed by atoms with E-state index < -0.39 is 5.09 Å². The Labute approximate surface area is 73.9 Å². The summed E-state index contributed by atoms with van der Waals surface area (Å²) >= 11 is 0. The molecule has 0 aromatic heterocycles. The van der Waals surface area contributed by atoms with Crippen molar-refractivity contribution in [1.82, 2.24) is 12.3 Å². The molecule has 0 unspecified atom stereocenters. The minimum atomic E-state index is -1.75. The zero-order chi connectivity index (χ0) is 3.58. The molecule has 6 nitrogen and oxygen atoms in total. The zero-order valence-corrected chi connectivity index (χ0v) is 6.73. The maximum absolute atomic E-state index is 8.25. The van der Waals surface area contributed by atoms with Crippen LogP contribution in [0.5, 0.6) is 0 Å². The zero-order valence-electron chi connectivity index (χ0n) is 3.59. The van der Waals surface area contributed by atoms with E-state index in [0.717, 1.165) is 0 Å². The first-order valence-electron chi connectivity index (χ1n) is 0.548. The van der Waals surface area contributed by atoms with Gasteiger partial charge in [0.05, 0.1) is 5.09 Å². The third-order valence-electron chi connectivity index (χ3n) is 0. The molecule has 0 radical (unpaired) electrons. The fourth-order valence-corrected chi connectivity index (χ4v) is 0. The molecule has 0 amide bonds. The molecule has 0 saturated heterocycles.